The minimum atomic E-state index is -0.313. The number of carbonyl (C=O) groups is 1. The number of amides is 1. The third-order valence-electron chi connectivity index (χ3n) is 2.57. The molecule has 0 saturated carbocycles. The minimum Gasteiger partial charge on any atom is -0.382 e. The zero-order valence-electron chi connectivity index (χ0n) is 11.4. The van der Waals surface area contributed by atoms with Crippen molar-refractivity contribution in [3.8, 4) is 0 Å². The van der Waals surface area contributed by atoms with E-state index in [9.17, 15) is 9.59 Å². The molecule has 0 spiro atoms. The summed E-state index contributed by atoms with van der Waals surface area (Å²) < 4.78 is 1.33. The largest absolute Gasteiger partial charge is 0.382 e. The van der Waals surface area contributed by atoms with E-state index in [-0.39, 0.29) is 16.5 Å². The standard InChI is InChI=1S/C12H19ClN4O2/c1-4-7-17-12(19)11(13)9(8-15-17)14-6-5-10(18)16(2)3/h8,14H,4-7H2,1-3H3. The fourth-order valence-electron chi connectivity index (χ4n) is 1.49. The van der Waals surface area contributed by atoms with E-state index in [0.717, 1.165) is 6.42 Å². The minimum absolute atomic E-state index is 0.0101. The van der Waals surface area contributed by atoms with E-state index in [1.165, 1.54) is 15.8 Å². The molecule has 1 heterocycles. The molecule has 0 unspecified atom stereocenters. The summed E-state index contributed by atoms with van der Waals surface area (Å²) in [6, 6.07) is 0. The van der Waals surface area contributed by atoms with Gasteiger partial charge in [0.15, 0.2) is 0 Å². The molecule has 0 atom stereocenters. The quantitative estimate of drug-likeness (QED) is 0.853. The number of nitrogens with zero attached hydrogens (tertiary/aromatic N) is 3. The van der Waals surface area contributed by atoms with Crippen molar-refractivity contribution in [3.05, 3.63) is 21.6 Å². The summed E-state index contributed by atoms with van der Waals surface area (Å²) in [5.41, 5.74) is 0.151. The van der Waals surface area contributed by atoms with Gasteiger partial charge in [-0.3, -0.25) is 9.59 Å². The van der Waals surface area contributed by atoms with Crippen molar-refractivity contribution in [2.24, 2.45) is 0 Å². The number of aromatic nitrogens is 2. The molecule has 0 bridgehead atoms. The summed E-state index contributed by atoms with van der Waals surface area (Å²) in [6.07, 6.45) is 2.66. The summed E-state index contributed by atoms with van der Waals surface area (Å²) in [4.78, 5) is 24.7. The molecule has 0 saturated heterocycles. The monoisotopic (exact) mass is 286 g/mol. The van der Waals surface area contributed by atoms with E-state index in [2.05, 4.69) is 10.4 Å². The van der Waals surface area contributed by atoms with Crippen LogP contribution >= 0.6 is 11.6 Å². The number of nitrogens with one attached hydrogen (secondary N) is 1. The first kappa shape index (κ1) is 15.5. The van der Waals surface area contributed by atoms with Crippen LogP contribution in [0.2, 0.25) is 5.02 Å². The van der Waals surface area contributed by atoms with Gasteiger partial charge >= 0.3 is 0 Å². The van der Waals surface area contributed by atoms with Crippen LogP contribution in [0, 0.1) is 0 Å². The van der Waals surface area contributed by atoms with Crippen molar-refractivity contribution in [2.75, 3.05) is 26.0 Å². The van der Waals surface area contributed by atoms with Crippen LogP contribution in [0.3, 0.4) is 0 Å². The Morgan fingerprint density at radius 3 is 2.79 bits per heavy atom. The van der Waals surface area contributed by atoms with Crippen LogP contribution in [0.15, 0.2) is 11.0 Å². The predicted molar refractivity (Wildman–Crippen MR) is 75.6 cm³/mol. The second-order valence-electron chi connectivity index (χ2n) is 4.37. The number of carbonyl (C=O) groups excluding carboxylic acids is 1. The van der Waals surface area contributed by atoms with Crippen molar-refractivity contribution >= 4 is 23.2 Å². The Bertz CT molecular complexity index is 499. The normalized spacial score (nSPS) is 10.3. The highest BCUT2D eigenvalue weighted by Gasteiger charge is 2.09. The maximum Gasteiger partial charge on any atom is 0.287 e. The highest BCUT2D eigenvalue weighted by atomic mass is 35.5. The van der Waals surface area contributed by atoms with Crippen LogP contribution in [-0.2, 0) is 11.3 Å². The lowest BCUT2D eigenvalue weighted by molar-refractivity contribution is -0.128. The Labute approximate surface area is 117 Å². The molecule has 106 valence electrons. The van der Waals surface area contributed by atoms with Crippen LogP contribution in [0.4, 0.5) is 5.69 Å². The van der Waals surface area contributed by atoms with Crippen LogP contribution in [-0.4, -0.2) is 41.2 Å². The molecular formula is C12H19ClN4O2. The Hall–Kier alpha value is -1.56. The Kier molecular flexibility index (Phi) is 5.82. The topological polar surface area (TPSA) is 67.2 Å². The van der Waals surface area contributed by atoms with Gasteiger partial charge in [0.1, 0.15) is 5.02 Å². The lowest BCUT2D eigenvalue weighted by Crippen LogP contribution is -2.26. The molecule has 0 aliphatic carbocycles. The highest BCUT2D eigenvalue weighted by Crippen LogP contribution is 2.15. The molecule has 0 radical (unpaired) electrons. The third-order valence-corrected chi connectivity index (χ3v) is 2.94. The van der Waals surface area contributed by atoms with Crippen molar-refractivity contribution in [2.45, 2.75) is 26.3 Å². The van der Waals surface area contributed by atoms with Crippen molar-refractivity contribution < 1.29 is 4.79 Å². The van der Waals surface area contributed by atoms with Gasteiger partial charge in [-0.05, 0) is 6.42 Å². The molecule has 0 fully saturated rings. The summed E-state index contributed by atoms with van der Waals surface area (Å²) in [5, 5.41) is 7.09. The summed E-state index contributed by atoms with van der Waals surface area (Å²) in [6.45, 7) is 2.91. The smallest absolute Gasteiger partial charge is 0.287 e. The van der Waals surface area contributed by atoms with E-state index < -0.39 is 0 Å². The molecular weight excluding hydrogens is 268 g/mol. The van der Waals surface area contributed by atoms with Crippen molar-refractivity contribution in [3.63, 3.8) is 0 Å². The fraction of sp³-hybridized carbons (Fsp3) is 0.583. The Morgan fingerprint density at radius 2 is 2.21 bits per heavy atom. The van der Waals surface area contributed by atoms with Gasteiger partial charge in [0, 0.05) is 33.6 Å². The van der Waals surface area contributed by atoms with Crippen molar-refractivity contribution in [1.82, 2.24) is 14.7 Å². The summed E-state index contributed by atoms with van der Waals surface area (Å²) in [5.74, 6) is 0.0101. The highest BCUT2D eigenvalue weighted by molar-refractivity contribution is 6.32. The number of halogens is 1. The first-order chi connectivity index (χ1) is 8.97. The number of rotatable bonds is 6. The molecule has 0 aliphatic heterocycles. The van der Waals surface area contributed by atoms with Crippen LogP contribution < -0.4 is 10.9 Å². The van der Waals surface area contributed by atoms with E-state index in [1.807, 2.05) is 6.92 Å². The molecule has 19 heavy (non-hydrogen) atoms. The second kappa shape index (κ2) is 7.13. The number of hydrogen-bond acceptors (Lipinski definition) is 4. The predicted octanol–water partition coefficient (Wildman–Crippen LogP) is 1.20. The molecule has 7 heteroatoms. The third kappa shape index (κ3) is 4.24. The van der Waals surface area contributed by atoms with E-state index in [0.29, 0.717) is 25.2 Å². The fourth-order valence-corrected chi connectivity index (χ4v) is 1.70. The average molecular weight is 287 g/mol. The van der Waals surface area contributed by atoms with Gasteiger partial charge in [0.05, 0.1) is 11.9 Å². The molecule has 1 amide bonds. The van der Waals surface area contributed by atoms with E-state index >= 15 is 0 Å². The molecule has 0 aromatic carbocycles. The van der Waals surface area contributed by atoms with Gasteiger partial charge in [-0.2, -0.15) is 5.10 Å². The number of hydrogen-bond donors (Lipinski definition) is 1. The summed E-state index contributed by atoms with van der Waals surface area (Å²) >= 11 is 5.98. The number of anilines is 1. The van der Waals surface area contributed by atoms with Gasteiger partial charge in [-0.15, -0.1) is 0 Å². The zero-order chi connectivity index (χ0) is 14.4. The molecule has 1 aromatic rings. The van der Waals surface area contributed by atoms with Gasteiger partial charge < -0.3 is 10.2 Å². The van der Waals surface area contributed by atoms with Gasteiger partial charge in [0.2, 0.25) is 5.91 Å². The Morgan fingerprint density at radius 1 is 1.53 bits per heavy atom. The maximum absolute atomic E-state index is 11.8. The Balaban J connectivity index is 2.68. The number of aryl methyl sites for hydroxylation is 1. The lowest BCUT2D eigenvalue weighted by atomic mass is 10.3. The van der Waals surface area contributed by atoms with Crippen LogP contribution in [0.5, 0.6) is 0 Å². The van der Waals surface area contributed by atoms with Crippen LogP contribution in [0.25, 0.3) is 0 Å². The first-order valence-corrected chi connectivity index (χ1v) is 6.54. The van der Waals surface area contributed by atoms with Gasteiger partial charge in [0.25, 0.3) is 5.56 Å². The van der Waals surface area contributed by atoms with Gasteiger partial charge in [-0.25, -0.2) is 4.68 Å². The molecule has 1 rings (SSSR count). The first-order valence-electron chi connectivity index (χ1n) is 6.17. The summed E-state index contributed by atoms with van der Waals surface area (Å²) in [7, 11) is 3.39. The van der Waals surface area contributed by atoms with Gasteiger partial charge in [-0.1, -0.05) is 18.5 Å². The molecule has 6 nitrogen and oxygen atoms in total. The van der Waals surface area contributed by atoms with E-state index in [1.54, 1.807) is 14.1 Å². The SMILES string of the molecule is CCCn1ncc(NCCC(=O)N(C)C)c(Cl)c1=O. The zero-order valence-corrected chi connectivity index (χ0v) is 12.2. The van der Waals surface area contributed by atoms with E-state index in [4.69, 9.17) is 11.6 Å². The molecule has 0 aliphatic rings. The lowest BCUT2D eigenvalue weighted by Gasteiger charge is -2.12. The van der Waals surface area contributed by atoms with Crippen LogP contribution in [0.1, 0.15) is 19.8 Å². The van der Waals surface area contributed by atoms with Crippen molar-refractivity contribution in [1.29, 1.82) is 0 Å². The molecule has 1 N–H and O–H groups in total. The second-order valence-corrected chi connectivity index (χ2v) is 4.74. The molecule has 1 aromatic heterocycles. The average Bonchev–Trinajstić information content (AvgIpc) is 2.37. The maximum atomic E-state index is 11.8.